The summed E-state index contributed by atoms with van der Waals surface area (Å²) in [7, 11) is 0. The number of amides is 2. The number of benzene rings is 1. The quantitative estimate of drug-likeness (QED) is 0.909. The van der Waals surface area contributed by atoms with Gasteiger partial charge in [-0.15, -0.1) is 11.3 Å². The summed E-state index contributed by atoms with van der Waals surface area (Å²) in [4.78, 5) is 26.9. The van der Waals surface area contributed by atoms with Crippen molar-refractivity contribution in [1.29, 1.82) is 0 Å². The van der Waals surface area contributed by atoms with E-state index in [4.69, 9.17) is 0 Å². The first kappa shape index (κ1) is 17.6. The van der Waals surface area contributed by atoms with E-state index < -0.39 is 0 Å². The highest BCUT2D eigenvalue weighted by molar-refractivity contribution is 7.10. The van der Waals surface area contributed by atoms with E-state index in [-0.39, 0.29) is 29.6 Å². The van der Waals surface area contributed by atoms with Crippen LogP contribution in [0.15, 0.2) is 41.8 Å². The van der Waals surface area contributed by atoms with Gasteiger partial charge in [-0.25, -0.2) is 4.39 Å². The molecule has 0 saturated carbocycles. The molecular formula is C19H21FN2O2S. The lowest BCUT2D eigenvalue weighted by molar-refractivity contribution is -0.134. The third kappa shape index (κ3) is 4.25. The maximum atomic E-state index is 13.2. The first-order valence-corrected chi connectivity index (χ1v) is 9.27. The molecule has 25 heavy (non-hydrogen) atoms. The molecular weight excluding hydrogens is 339 g/mol. The molecule has 1 N–H and O–H groups in total. The summed E-state index contributed by atoms with van der Waals surface area (Å²) in [5.41, 5.74) is 0.860. The molecule has 1 aromatic carbocycles. The Kier molecular flexibility index (Phi) is 5.48. The molecule has 1 aliphatic rings. The van der Waals surface area contributed by atoms with Crippen molar-refractivity contribution in [2.24, 2.45) is 5.92 Å². The van der Waals surface area contributed by atoms with Gasteiger partial charge in [-0.3, -0.25) is 9.59 Å². The standard InChI is InChI=1S/C19H21FN2O2S/c1-13(23)22-10-8-15(9-11-22)19(24)21-18(17-3-2-12-25-17)14-4-6-16(20)7-5-14/h2-7,12,15,18H,8-11H2,1H3,(H,21,24)/t18-/m1/s1. The van der Waals surface area contributed by atoms with Gasteiger partial charge in [0.15, 0.2) is 0 Å². The Bertz CT molecular complexity index is 722. The Balaban J connectivity index is 1.71. The van der Waals surface area contributed by atoms with E-state index in [1.54, 1.807) is 35.3 Å². The van der Waals surface area contributed by atoms with Crippen molar-refractivity contribution in [2.45, 2.75) is 25.8 Å². The lowest BCUT2D eigenvalue weighted by atomic mass is 9.94. The molecule has 6 heteroatoms. The second-order valence-corrected chi connectivity index (χ2v) is 7.27. The van der Waals surface area contributed by atoms with E-state index in [0.29, 0.717) is 25.9 Å². The number of nitrogens with zero attached hydrogens (tertiary/aromatic N) is 1. The van der Waals surface area contributed by atoms with Gasteiger partial charge in [-0.1, -0.05) is 18.2 Å². The lowest BCUT2D eigenvalue weighted by Gasteiger charge is -2.31. The van der Waals surface area contributed by atoms with Crippen molar-refractivity contribution in [3.05, 3.63) is 58.0 Å². The first-order valence-electron chi connectivity index (χ1n) is 8.39. The molecule has 4 nitrogen and oxygen atoms in total. The maximum Gasteiger partial charge on any atom is 0.224 e. The van der Waals surface area contributed by atoms with Gasteiger partial charge in [0, 0.05) is 30.8 Å². The summed E-state index contributed by atoms with van der Waals surface area (Å²) in [6.07, 6.45) is 1.35. The normalized spacial score (nSPS) is 16.5. The van der Waals surface area contributed by atoms with Crippen LogP contribution in [-0.2, 0) is 9.59 Å². The Morgan fingerprint density at radius 1 is 1.20 bits per heavy atom. The fraction of sp³-hybridized carbons (Fsp3) is 0.368. The van der Waals surface area contributed by atoms with Crippen LogP contribution in [0.1, 0.15) is 36.2 Å². The molecule has 1 saturated heterocycles. The van der Waals surface area contributed by atoms with Gasteiger partial charge in [0.05, 0.1) is 6.04 Å². The van der Waals surface area contributed by atoms with E-state index >= 15 is 0 Å². The SMILES string of the molecule is CC(=O)N1CCC(C(=O)N[C@H](c2ccc(F)cc2)c2cccs2)CC1. The predicted molar refractivity (Wildman–Crippen MR) is 95.7 cm³/mol. The zero-order valence-electron chi connectivity index (χ0n) is 14.1. The molecule has 0 unspecified atom stereocenters. The molecule has 1 atom stereocenters. The summed E-state index contributed by atoms with van der Waals surface area (Å²) in [5.74, 6) is -0.345. The zero-order chi connectivity index (χ0) is 17.8. The predicted octanol–water partition coefficient (Wildman–Crippen LogP) is 3.35. The number of hydrogen-bond donors (Lipinski definition) is 1. The second kappa shape index (κ2) is 7.78. The van der Waals surface area contributed by atoms with Gasteiger partial charge < -0.3 is 10.2 Å². The summed E-state index contributed by atoms with van der Waals surface area (Å²) < 4.78 is 13.2. The van der Waals surface area contributed by atoms with Crippen LogP contribution in [0.3, 0.4) is 0 Å². The first-order chi connectivity index (χ1) is 12.0. The minimum atomic E-state index is -0.295. The van der Waals surface area contributed by atoms with Crippen molar-refractivity contribution in [1.82, 2.24) is 10.2 Å². The summed E-state index contributed by atoms with van der Waals surface area (Å²) in [6.45, 7) is 2.79. The number of piperidine rings is 1. The van der Waals surface area contributed by atoms with Crippen LogP contribution < -0.4 is 5.32 Å². The monoisotopic (exact) mass is 360 g/mol. The van der Waals surface area contributed by atoms with E-state index in [2.05, 4.69) is 5.32 Å². The van der Waals surface area contributed by atoms with Crippen LogP contribution in [0.25, 0.3) is 0 Å². The lowest BCUT2D eigenvalue weighted by Crippen LogP contribution is -2.43. The number of thiophene rings is 1. The molecule has 2 amide bonds. The molecule has 3 rings (SSSR count). The van der Waals surface area contributed by atoms with Gasteiger partial charge in [0.25, 0.3) is 0 Å². The molecule has 1 aliphatic heterocycles. The zero-order valence-corrected chi connectivity index (χ0v) is 14.9. The van der Waals surface area contributed by atoms with E-state index in [1.165, 1.54) is 12.1 Å². The number of likely N-dealkylation sites (tertiary alicyclic amines) is 1. The third-order valence-corrected chi connectivity index (χ3v) is 5.57. The fourth-order valence-corrected chi connectivity index (χ4v) is 3.95. The fourth-order valence-electron chi connectivity index (χ4n) is 3.15. The molecule has 0 spiro atoms. The molecule has 2 heterocycles. The van der Waals surface area contributed by atoms with Crippen LogP contribution in [0.2, 0.25) is 0 Å². The average molecular weight is 360 g/mol. The highest BCUT2D eigenvalue weighted by Gasteiger charge is 2.28. The topological polar surface area (TPSA) is 49.4 Å². The number of nitrogens with one attached hydrogen (secondary N) is 1. The summed E-state index contributed by atoms with van der Waals surface area (Å²) in [5, 5.41) is 5.08. The number of rotatable bonds is 4. The Morgan fingerprint density at radius 2 is 1.88 bits per heavy atom. The molecule has 132 valence electrons. The smallest absolute Gasteiger partial charge is 0.224 e. The van der Waals surface area contributed by atoms with Crippen molar-refractivity contribution < 1.29 is 14.0 Å². The highest BCUT2D eigenvalue weighted by Crippen LogP contribution is 2.28. The van der Waals surface area contributed by atoms with Gasteiger partial charge in [0.2, 0.25) is 11.8 Å². The largest absolute Gasteiger partial charge is 0.344 e. The second-order valence-electron chi connectivity index (χ2n) is 6.29. The molecule has 2 aromatic rings. The molecule has 1 aromatic heterocycles. The summed E-state index contributed by atoms with van der Waals surface area (Å²) >= 11 is 1.56. The maximum absolute atomic E-state index is 13.2. The van der Waals surface area contributed by atoms with Gasteiger partial charge in [-0.05, 0) is 42.0 Å². The number of carbonyl (C=O) groups is 2. The number of halogens is 1. The Labute approximate surface area is 150 Å². The number of carbonyl (C=O) groups excluding carboxylic acids is 2. The highest BCUT2D eigenvalue weighted by atomic mass is 32.1. The van der Waals surface area contributed by atoms with Crippen molar-refractivity contribution >= 4 is 23.2 Å². The van der Waals surface area contributed by atoms with Crippen LogP contribution in [-0.4, -0.2) is 29.8 Å². The van der Waals surface area contributed by atoms with Crippen LogP contribution in [0.4, 0.5) is 4.39 Å². The van der Waals surface area contributed by atoms with E-state index in [1.807, 2.05) is 17.5 Å². The number of hydrogen-bond acceptors (Lipinski definition) is 3. The van der Waals surface area contributed by atoms with E-state index in [0.717, 1.165) is 10.4 Å². The third-order valence-electron chi connectivity index (χ3n) is 4.63. The van der Waals surface area contributed by atoms with Crippen molar-refractivity contribution in [2.75, 3.05) is 13.1 Å². The van der Waals surface area contributed by atoms with Crippen LogP contribution in [0.5, 0.6) is 0 Å². The Morgan fingerprint density at radius 3 is 2.44 bits per heavy atom. The molecule has 0 bridgehead atoms. The van der Waals surface area contributed by atoms with Crippen LogP contribution in [0, 0.1) is 11.7 Å². The van der Waals surface area contributed by atoms with Gasteiger partial charge >= 0.3 is 0 Å². The Hall–Kier alpha value is -2.21. The van der Waals surface area contributed by atoms with Crippen LogP contribution >= 0.6 is 11.3 Å². The minimum absolute atomic E-state index is 0.00840. The van der Waals surface area contributed by atoms with E-state index in [9.17, 15) is 14.0 Å². The molecule has 0 radical (unpaired) electrons. The van der Waals surface area contributed by atoms with Gasteiger partial charge in [0.1, 0.15) is 5.82 Å². The van der Waals surface area contributed by atoms with Gasteiger partial charge in [-0.2, -0.15) is 0 Å². The molecule has 1 fully saturated rings. The van der Waals surface area contributed by atoms with Crippen molar-refractivity contribution in [3.8, 4) is 0 Å². The average Bonchev–Trinajstić information content (AvgIpc) is 3.15. The van der Waals surface area contributed by atoms with Crippen molar-refractivity contribution in [3.63, 3.8) is 0 Å². The molecule has 0 aliphatic carbocycles. The minimum Gasteiger partial charge on any atom is -0.344 e. The summed E-state index contributed by atoms with van der Waals surface area (Å²) in [6, 6.07) is 9.86.